The van der Waals surface area contributed by atoms with E-state index >= 15 is 0 Å². The van der Waals surface area contributed by atoms with Gasteiger partial charge < -0.3 is 20.9 Å². The Hall–Kier alpha value is -1.53. The second-order valence-electron chi connectivity index (χ2n) is 3.13. The predicted octanol–water partition coefficient (Wildman–Crippen LogP) is 0.258. The van der Waals surface area contributed by atoms with Crippen molar-refractivity contribution < 1.29 is 10.3 Å². The number of rotatable bonds is 4. The second-order valence-corrected chi connectivity index (χ2v) is 3.50. The van der Waals surface area contributed by atoms with Gasteiger partial charge in [0.05, 0.1) is 11.6 Å². The van der Waals surface area contributed by atoms with Gasteiger partial charge >= 0.3 is 0 Å². The van der Waals surface area contributed by atoms with Crippen molar-refractivity contribution in [2.45, 2.75) is 0 Å². The van der Waals surface area contributed by atoms with E-state index in [9.17, 15) is 0 Å². The van der Waals surface area contributed by atoms with Crippen LogP contribution in [0.3, 0.4) is 0 Å². The standard InChI is InChI=1S/C9H13ClN4O2/c1-14(4-5-15)9-7(10)6(2-3-12-9)8(11)13-16/h2-3,15-16H,4-5H2,1H3,(H2,11,13). The monoisotopic (exact) mass is 244 g/mol. The molecule has 0 aliphatic carbocycles. The largest absolute Gasteiger partial charge is 0.409 e. The Morgan fingerprint density at radius 3 is 2.94 bits per heavy atom. The molecule has 0 aliphatic rings. The number of likely N-dealkylation sites (N-methyl/N-ethyl adjacent to an activating group) is 1. The third kappa shape index (κ3) is 2.53. The molecule has 0 aromatic carbocycles. The molecule has 4 N–H and O–H groups in total. The van der Waals surface area contributed by atoms with Gasteiger partial charge in [0.15, 0.2) is 5.84 Å². The van der Waals surface area contributed by atoms with E-state index < -0.39 is 0 Å². The molecule has 1 heterocycles. The van der Waals surface area contributed by atoms with Gasteiger partial charge in [0.25, 0.3) is 0 Å². The molecule has 1 aromatic rings. The summed E-state index contributed by atoms with van der Waals surface area (Å²) >= 11 is 6.06. The first-order chi connectivity index (χ1) is 7.61. The predicted molar refractivity (Wildman–Crippen MR) is 62.1 cm³/mol. The van der Waals surface area contributed by atoms with Gasteiger partial charge in [0.1, 0.15) is 5.82 Å². The number of anilines is 1. The van der Waals surface area contributed by atoms with E-state index in [1.54, 1.807) is 18.0 Å². The number of nitrogens with zero attached hydrogens (tertiary/aromatic N) is 3. The molecule has 0 saturated heterocycles. The highest BCUT2D eigenvalue weighted by molar-refractivity contribution is 6.36. The molecule has 7 heteroatoms. The van der Waals surface area contributed by atoms with Gasteiger partial charge in [-0.2, -0.15) is 0 Å². The van der Waals surface area contributed by atoms with Crippen molar-refractivity contribution in [2.24, 2.45) is 10.9 Å². The van der Waals surface area contributed by atoms with Crippen molar-refractivity contribution in [2.75, 3.05) is 25.1 Å². The average molecular weight is 245 g/mol. The van der Waals surface area contributed by atoms with Gasteiger partial charge in [0, 0.05) is 25.4 Å². The minimum absolute atomic E-state index is 0.0116. The van der Waals surface area contributed by atoms with Crippen LogP contribution in [0.5, 0.6) is 0 Å². The number of hydrogen-bond donors (Lipinski definition) is 3. The summed E-state index contributed by atoms with van der Waals surface area (Å²) in [6, 6.07) is 1.55. The van der Waals surface area contributed by atoms with Crippen molar-refractivity contribution >= 4 is 23.3 Å². The fourth-order valence-corrected chi connectivity index (χ4v) is 1.56. The molecule has 0 radical (unpaired) electrons. The van der Waals surface area contributed by atoms with Crippen molar-refractivity contribution in [1.29, 1.82) is 0 Å². The lowest BCUT2D eigenvalue weighted by Crippen LogP contribution is -2.24. The molecule has 0 fully saturated rings. The Bertz CT molecular complexity index is 397. The Morgan fingerprint density at radius 2 is 2.38 bits per heavy atom. The molecule has 0 aliphatic heterocycles. The lowest BCUT2D eigenvalue weighted by atomic mass is 10.2. The van der Waals surface area contributed by atoms with E-state index in [0.717, 1.165) is 0 Å². The van der Waals surface area contributed by atoms with Gasteiger partial charge in [-0.05, 0) is 6.07 Å². The summed E-state index contributed by atoms with van der Waals surface area (Å²) in [6.07, 6.45) is 1.50. The Labute approximate surface area is 98.0 Å². The Kier molecular flexibility index (Phi) is 4.33. The number of amidine groups is 1. The van der Waals surface area contributed by atoms with E-state index in [4.69, 9.17) is 27.6 Å². The number of pyridine rings is 1. The third-order valence-corrected chi connectivity index (χ3v) is 2.42. The molecule has 0 atom stereocenters. The van der Waals surface area contributed by atoms with E-state index in [1.807, 2.05) is 0 Å². The lowest BCUT2D eigenvalue weighted by molar-refractivity contribution is 0.304. The number of nitrogens with two attached hydrogens (primary N) is 1. The summed E-state index contributed by atoms with van der Waals surface area (Å²) in [5.41, 5.74) is 5.86. The molecule has 0 bridgehead atoms. The second kappa shape index (κ2) is 5.53. The van der Waals surface area contributed by atoms with Crippen LogP contribution in [-0.4, -0.2) is 41.3 Å². The first-order valence-electron chi connectivity index (χ1n) is 4.56. The van der Waals surface area contributed by atoms with Crippen molar-refractivity contribution in [1.82, 2.24) is 4.98 Å². The van der Waals surface area contributed by atoms with Crippen LogP contribution < -0.4 is 10.6 Å². The Morgan fingerprint density at radius 1 is 1.69 bits per heavy atom. The van der Waals surface area contributed by atoms with Crippen molar-refractivity contribution in [3.63, 3.8) is 0 Å². The van der Waals surface area contributed by atoms with Crippen molar-refractivity contribution in [3.05, 3.63) is 22.8 Å². The molecule has 0 saturated carbocycles. The highest BCUT2D eigenvalue weighted by atomic mass is 35.5. The van der Waals surface area contributed by atoms with Crippen LogP contribution in [0.25, 0.3) is 0 Å². The maximum atomic E-state index is 8.81. The number of hydrogen-bond acceptors (Lipinski definition) is 5. The minimum Gasteiger partial charge on any atom is -0.409 e. The highest BCUT2D eigenvalue weighted by Gasteiger charge is 2.13. The first kappa shape index (κ1) is 12.5. The topological polar surface area (TPSA) is 95.0 Å². The lowest BCUT2D eigenvalue weighted by Gasteiger charge is -2.18. The van der Waals surface area contributed by atoms with E-state index in [1.165, 1.54) is 6.20 Å². The fourth-order valence-electron chi connectivity index (χ4n) is 1.21. The third-order valence-electron chi connectivity index (χ3n) is 2.05. The molecule has 16 heavy (non-hydrogen) atoms. The van der Waals surface area contributed by atoms with Gasteiger partial charge in [-0.3, -0.25) is 0 Å². The molecular formula is C9H13ClN4O2. The van der Waals surface area contributed by atoms with E-state index in [2.05, 4.69) is 10.1 Å². The zero-order valence-electron chi connectivity index (χ0n) is 8.76. The summed E-state index contributed by atoms with van der Waals surface area (Å²) in [5, 5.41) is 20.6. The van der Waals surface area contributed by atoms with Crippen LogP contribution in [0.2, 0.25) is 5.02 Å². The zero-order valence-corrected chi connectivity index (χ0v) is 9.52. The minimum atomic E-state index is -0.0777. The molecule has 0 unspecified atom stereocenters. The van der Waals surface area contributed by atoms with E-state index in [0.29, 0.717) is 17.9 Å². The molecule has 0 amide bonds. The summed E-state index contributed by atoms with van der Waals surface area (Å²) in [5.74, 6) is 0.394. The van der Waals surface area contributed by atoms with E-state index in [-0.39, 0.29) is 17.5 Å². The Balaban J connectivity index is 3.13. The first-order valence-corrected chi connectivity index (χ1v) is 4.94. The summed E-state index contributed by atoms with van der Waals surface area (Å²) in [4.78, 5) is 5.74. The van der Waals surface area contributed by atoms with Gasteiger partial charge in [-0.25, -0.2) is 4.98 Å². The maximum absolute atomic E-state index is 8.81. The number of aromatic nitrogens is 1. The molecular weight excluding hydrogens is 232 g/mol. The molecule has 88 valence electrons. The maximum Gasteiger partial charge on any atom is 0.171 e. The molecule has 6 nitrogen and oxygen atoms in total. The van der Waals surface area contributed by atoms with Crippen LogP contribution in [0, 0.1) is 0 Å². The van der Waals surface area contributed by atoms with Crippen LogP contribution in [0.1, 0.15) is 5.56 Å². The van der Waals surface area contributed by atoms with Gasteiger partial charge in [-0.1, -0.05) is 16.8 Å². The van der Waals surface area contributed by atoms with Crippen LogP contribution in [0.4, 0.5) is 5.82 Å². The van der Waals surface area contributed by atoms with Crippen LogP contribution in [-0.2, 0) is 0 Å². The molecule has 1 rings (SSSR count). The zero-order chi connectivity index (χ0) is 12.1. The fraction of sp³-hybridized carbons (Fsp3) is 0.333. The van der Waals surface area contributed by atoms with Gasteiger partial charge in [-0.15, -0.1) is 0 Å². The normalized spacial score (nSPS) is 11.6. The molecule has 0 spiro atoms. The highest BCUT2D eigenvalue weighted by Crippen LogP contribution is 2.25. The van der Waals surface area contributed by atoms with Crippen LogP contribution >= 0.6 is 11.6 Å². The summed E-state index contributed by atoms with van der Waals surface area (Å²) in [6.45, 7) is 0.384. The number of halogens is 1. The summed E-state index contributed by atoms with van der Waals surface area (Å²) < 4.78 is 0. The molecule has 1 aromatic heterocycles. The number of aliphatic hydroxyl groups excluding tert-OH is 1. The van der Waals surface area contributed by atoms with Crippen LogP contribution in [0.15, 0.2) is 17.4 Å². The van der Waals surface area contributed by atoms with Crippen molar-refractivity contribution in [3.8, 4) is 0 Å². The number of oxime groups is 1. The average Bonchev–Trinajstić information content (AvgIpc) is 2.28. The SMILES string of the molecule is CN(CCO)c1nccc(/C(N)=N/O)c1Cl. The number of aliphatic hydroxyl groups is 1. The smallest absolute Gasteiger partial charge is 0.171 e. The quantitative estimate of drug-likeness (QED) is 0.306. The summed E-state index contributed by atoms with van der Waals surface area (Å²) in [7, 11) is 1.74. The van der Waals surface area contributed by atoms with Gasteiger partial charge in [0.2, 0.25) is 0 Å².